The van der Waals surface area contributed by atoms with Gasteiger partial charge >= 0.3 is 0 Å². The lowest BCUT2D eigenvalue weighted by molar-refractivity contribution is 0.137. The Balaban J connectivity index is 1.87. The molecule has 0 bridgehead atoms. The molecule has 3 nitrogen and oxygen atoms in total. The minimum Gasteiger partial charge on any atom is -0.494 e. The number of para-hydroxylation sites is 1. The first-order chi connectivity index (χ1) is 9.72. The largest absolute Gasteiger partial charge is 0.494 e. The molecule has 0 N–H and O–H groups in total. The number of aryl methyl sites for hydroxylation is 1. The first-order valence-corrected chi connectivity index (χ1v) is 7.41. The summed E-state index contributed by atoms with van der Waals surface area (Å²) in [7, 11) is 0. The van der Waals surface area contributed by atoms with Crippen LogP contribution >= 0.6 is 15.9 Å². The number of hydrogen-bond acceptors (Lipinski definition) is 2. The summed E-state index contributed by atoms with van der Waals surface area (Å²) < 4.78 is 32.8. The molecule has 0 fully saturated rings. The van der Waals surface area contributed by atoms with Gasteiger partial charge in [-0.15, -0.1) is 0 Å². The molecule has 2 rings (SSSR count). The van der Waals surface area contributed by atoms with Gasteiger partial charge in [0.25, 0.3) is 6.43 Å². The molecule has 20 heavy (non-hydrogen) atoms. The van der Waals surface area contributed by atoms with Gasteiger partial charge in [0.05, 0.1) is 12.8 Å². The molecule has 6 heteroatoms. The fraction of sp³-hybridized carbons (Fsp3) is 0.357. The summed E-state index contributed by atoms with van der Waals surface area (Å²) in [5.41, 5.74) is 0.519. The molecule has 0 amide bonds. The zero-order valence-corrected chi connectivity index (χ0v) is 12.4. The second kappa shape index (κ2) is 7.38. The van der Waals surface area contributed by atoms with E-state index in [-0.39, 0.29) is 5.69 Å². The third-order valence-electron chi connectivity index (χ3n) is 2.84. The Hall–Kier alpha value is -1.43. The number of ether oxygens (including phenoxy) is 1. The zero-order chi connectivity index (χ0) is 14.4. The van der Waals surface area contributed by atoms with E-state index in [1.807, 2.05) is 30.3 Å². The van der Waals surface area contributed by atoms with Crippen LogP contribution in [-0.2, 0) is 11.9 Å². The highest BCUT2D eigenvalue weighted by molar-refractivity contribution is 9.08. The molecule has 2 aromatic rings. The van der Waals surface area contributed by atoms with E-state index in [0.29, 0.717) is 30.5 Å². The summed E-state index contributed by atoms with van der Waals surface area (Å²) in [6.07, 6.45) is -0.410. The molecule has 108 valence electrons. The van der Waals surface area contributed by atoms with Crippen LogP contribution in [0.15, 0.2) is 36.5 Å². The maximum absolute atomic E-state index is 13.0. The van der Waals surface area contributed by atoms with E-state index >= 15 is 0 Å². The Bertz CT molecular complexity index is 531. The van der Waals surface area contributed by atoms with Crippen LogP contribution in [0.1, 0.15) is 24.1 Å². The monoisotopic (exact) mass is 344 g/mol. The maximum Gasteiger partial charge on any atom is 0.280 e. The predicted molar refractivity (Wildman–Crippen MR) is 76.4 cm³/mol. The van der Waals surface area contributed by atoms with Gasteiger partial charge in [0.2, 0.25) is 0 Å². The van der Waals surface area contributed by atoms with Crippen LogP contribution in [0, 0.1) is 0 Å². The Kier molecular flexibility index (Phi) is 5.52. The number of benzene rings is 1. The highest BCUT2D eigenvalue weighted by Gasteiger charge is 2.18. The third-order valence-corrected chi connectivity index (χ3v) is 3.44. The van der Waals surface area contributed by atoms with Crippen molar-refractivity contribution in [3.63, 3.8) is 0 Å². The average molecular weight is 345 g/mol. The highest BCUT2D eigenvalue weighted by atomic mass is 79.9. The van der Waals surface area contributed by atoms with Gasteiger partial charge in [0, 0.05) is 23.9 Å². The van der Waals surface area contributed by atoms with Crippen molar-refractivity contribution < 1.29 is 13.5 Å². The van der Waals surface area contributed by atoms with Crippen LogP contribution in [0.2, 0.25) is 0 Å². The standard InChI is InChI=1S/C14H15BrF2N2O/c15-9-11-10-18-19(13(11)14(16)17)7-4-8-20-12-5-2-1-3-6-12/h1-3,5-6,10,14H,4,7-9H2. The van der Waals surface area contributed by atoms with E-state index in [1.165, 1.54) is 10.9 Å². The van der Waals surface area contributed by atoms with Crippen molar-refractivity contribution in [3.8, 4) is 5.75 Å². The van der Waals surface area contributed by atoms with Crippen LogP contribution in [0.25, 0.3) is 0 Å². The van der Waals surface area contributed by atoms with Crippen molar-refractivity contribution in [3.05, 3.63) is 47.8 Å². The molecule has 0 aliphatic rings. The number of alkyl halides is 3. The molecule has 0 atom stereocenters. The van der Waals surface area contributed by atoms with E-state index in [0.717, 1.165) is 5.75 Å². The average Bonchev–Trinajstić information content (AvgIpc) is 2.88. The minimum absolute atomic E-state index is 0.0124. The quantitative estimate of drug-likeness (QED) is 0.556. The maximum atomic E-state index is 13.0. The van der Waals surface area contributed by atoms with E-state index in [2.05, 4.69) is 21.0 Å². The summed E-state index contributed by atoms with van der Waals surface area (Å²) in [6, 6.07) is 9.41. The molecule has 0 radical (unpaired) electrons. The smallest absolute Gasteiger partial charge is 0.280 e. The molecule has 1 aromatic carbocycles. The first-order valence-electron chi connectivity index (χ1n) is 6.29. The SMILES string of the molecule is FC(F)c1c(CBr)cnn1CCCOc1ccccc1. The van der Waals surface area contributed by atoms with Crippen LogP contribution in [0.5, 0.6) is 5.75 Å². The normalized spacial score (nSPS) is 11.0. The molecule has 1 heterocycles. The van der Waals surface area contributed by atoms with Crippen molar-refractivity contribution in [2.24, 2.45) is 0 Å². The minimum atomic E-state index is -2.51. The van der Waals surface area contributed by atoms with Crippen molar-refractivity contribution in [1.82, 2.24) is 9.78 Å². The Morgan fingerprint density at radius 2 is 2.00 bits per heavy atom. The third kappa shape index (κ3) is 3.79. The molecule has 0 unspecified atom stereocenters. The van der Waals surface area contributed by atoms with Gasteiger partial charge < -0.3 is 4.74 Å². The van der Waals surface area contributed by atoms with Gasteiger partial charge in [-0.3, -0.25) is 4.68 Å². The van der Waals surface area contributed by atoms with Crippen LogP contribution < -0.4 is 4.74 Å². The van der Waals surface area contributed by atoms with Crippen LogP contribution in [0.4, 0.5) is 8.78 Å². The number of halogens is 3. The van der Waals surface area contributed by atoms with Crippen molar-refractivity contribution >= 4 is 15.9 Å². The fourth-order valence-electron chi connectivity index (χ4n) is 1.89. The van der Waals surface area contributed by atoms with Gasteiger partial charge in [-0.25, -0.2) is 8.78 Å². The van der Waals surface area contributed by atoms with E-state index in [4.69, 9.17) is 4.74 Å². The van der Waals surface area contributed by atoms with E-state index in [1.54, 1.807) is 0 Å². The van der Waals surface area contributed by atoms with Crippen LogP contribution in [0.3, 0.4) is 0 Å². The topological polar surface area (TPSA) is 27.1 Å². The number of rotatable bonds is 7. The van der Waals surface area contributed by atoms with Gasteiger partial charge in [0.1, 0.15) is 11.4 Å². The second-order valence-corrected chi connectivity index (χ2v) is 4.79. The molecule has 1 aromatic heterocycles. The molecule has 0 saturated heterocycles. The van der Waals surface area contributed by atoms with Crippen molar-refractivity contribution in [2.45, 2.75) is 24.7 Å². The lowest BCUT2D eigenvalue weighted by Crippen LogP contribution is -2.09. The number of aromatic nitrogens is 2. The van der Waals surface area contributed by atoms with Crippen molar-refractivity contribution in [2.75, 3.05) is 6.61 Å². The summed E-state index contributed by atoms with van der Waals surface area (Å²) in [6.45, 7) is 0.885. The molecular formula is C14H15BrF2N2O. The summed E-state index contributed by atoms with van der Waals surface area (Å²) in [5, 5.41) is 4.39. The summed E-state index contributed by atoms with van der Waals surface area (Å²) in [4.78, 5) is 0. The summed E-state index contributed by atoms with van der Waals surface area (Å²) >= 11 is 3.19. The predicted octanol–water partition coefficient (Wildman–Crippen LogP) is 4.18. The number of nitrogens with zero attached hydrogens (tertiary/aromatic N) is 2. The Morgan fingerprint density at radius 1 is 1.25 bits per heavy atom. The van der Waals surface area contributed by atoms with Gasteiger partial charge in [-0.1, -0.05) is 34.1 Å². The van der Waals surface area contributed by atoms with Gasteiger partial charge in [-0.05, 0) is 12.1 Å². The Morgan fingerprint density at radius 3 is 2.65 bits per heavy atom. The lowest BCUT2D eigenvalue weighted by Gasteiger charge is -2.09. The fourth-order valence-corrected chi connectivity index (χ4v) is 2.32. The molecule has 0 aliphatic heterocycles. The van der Waals surface area contributed by atoms with Gasteiger partial charge in [-0.2, -0.15) is 5.10 Å². The second-order valence-electron chi connectivity index (χ2n) is 4.23. The van der Waals surface area contributed by atoms with E-state index in [9.17, 15) is 8.78 Å². The lowest BCUT2D eigenvalue weighted by atomic mass is 10.3. The molecule has 0 aliphatic carbocycles. The molecule has 0 saturated carbocycles. The van der Waals surface area contributed by atoms with Crippen LogP contribution in [-0.4, -0.2) is 16.4 Å². The van der Waals surface area contributed by atoms with Crippen molar-refractivity contribution in [1.29, 1.82) is 0 Å². The summed E-state index contributed by atoms with van der Waals surface area (Å²) in [5.74, 6) is 0.781. The highest BCUT2D eigenvalue weighted by Crippen LogP contribution is 2.24. The zero-order valence-electron chi connectivity index (χ0n) is 10.8. The van der Waals surface area contributed by atoms with Gasteiger partial charge in [0.15, 0.2) is 0 Å². The molecule has 0 spiro atoms. The number of hydrogen-bond donors (Lipinski definition) is 0. The van der Waals surface area contributed by atoms with E-state index < -0.39 is 6.43 Å². The molecular weight excluding hydrogens is 330 g/mol. The first kappa shape index (κ1) is 15.0. The Labute approximate surface area is 124 Å².